The Labute approximate surface area is 165 Å². The minimum Gasteiger partial charge on any atom is -0.459 e. The number of amides is 1. The third-order valence-corrected chi connectivity index (χ3v) is 4.73. The Morgan fingerprint density at radius 3 is 2.70 bits per heavy atom. The standard InChI is InChI=1S/C20H28ClNO5/c1-3-26-20-16(5-4-11-23)17(14-6-8-15(21)9-7-14)13-18(27-20)19(24)22-10-12-25-2/h6-9,13,16-17,20,23H,3-5,10-12H2,1-2H3,(H,22,24)/t16-,17-,20-/m0/s1. The average molecular weight is 398 g/mol. The number of aliphatic hydroxyl groups excluding tert-OH is 1. The first-order valence-electron chi connectivity index (χ1n) is 9.24. The second-order valence-electron chi connectivity index (χ2n) is 6.33. The Bertz CT molecular complexity index is 619. The molecule has 7 heteroatoms. The zero-order valence-electron chi connectivity index (χ0n) is 15.8. The number of nitrogens with one attached hydrogen (secondary N) is 1. The molecule has 0 bridgehead atoms. The lowest BCUT2D eigenvalue weighted by atomic mass is 9.80. The maximum Gasteiger partial charge on any atom is 0.286 e. The van der Waals surface area contributed by atoms with E-state index in [1.54, 1.807) is 7.11 Å². The highest BCUT2D eigenvalue weighted by atomic mass is 35.5. The highest BCUT2D eigenvalue weighted by Crippen LogP contribution is 2.39. The fourth-order valence-corrected chi connectivity index (χ4v) is 3.31. The summed E-state index contributed by atoms with van der Waals surface area (Å²) >= 11 is 6.03. The molecule has 0 unspecified atom stereocenters. The van der Waals surface area contributed by atoms with Crippen LogP contribution >= 0.6 is 11.6 Å². The van der Waals surface area contributed by atoms with Crippen molar-refractivity contribution >= 4 is 17.5 Å². The third kappa shape index (κ3) is 6.21. The molecule has 1 aromatic carbocycles. The van der Waals surface area contributed by atoms with Crippen LogP contribution in [0.25, 0.3) is 0 Å². The molecule has 2 N–H and O–H groups in total. The van der Waals surface area contributed by atoms with Gasteiger partial charge in [0.25, 0.3) is 5.91 Å². The molecule has 1 aliphatic heterocycles. The van der Waals surface area contributed by atoms with Gasteiger partial charge in [0, 0.05) is 43.7 Å². The fourth-order valence-electron chi connectivity index (χ4n) is 3.18. The zero-order valence-corrected chi connectivity index (χ0v) is 16.6. The van der Waals surface area contributed by atoms with Crippen molar-refractivity contribution in [1.29, 1.82) is 0 Å². The van der Waals surface area contributed by atoms with E-state index in [1.165, 1.54) is 0 Å². The highest BCUT2D eigenvalue weighted by Gasteiger charge is 2.37. The summed E-state index contributed by atoms with van der Waals surface area (Å²) in [6.45, 7) is 3.27. The molecule has 1 aromatic rings. The number of rotatable bonds is 10. The largest absolute Gasteiger partial charge is 0.459 e. The van der Waals surface area contributed by atoms with E-state index in [0.717, 1.165) is 5.56 Å². The van der Waals surface area contributed by atoms with E-state index < -0.39 is 6.29 Å². The van der Waals surface area contributed by atoms with E-state index in [-0.39, 0.29) is 30.1 Å². The van der Waals surface area contributed by atoms with Crippen LogP contribution in [-0.2, 0) is 19.0 Å². The van der Waals surface area contributed by atoms with Crippen LogP contribution in [0.4, 0.5) is 0 Å². The van der Waals surface area contributed by atoms with Gasteiger partial charge in [-0.15, -0.1) is 0 Å². The number of aliphatic hydroxyl groups is 1. The molecule has 0 saturated heterocycles. The number of carbonyl (C=O) groups is 1. The van der Waals surface area contributed by atoms with Gasteiger partial charge in [-0.1, -0.05) is 23.7 Å². The molecular weight excluding hydrogens is 370 g/mol. The van der Waals surface area contributed by atoms with Crippen molar-refractivity contribution in [2.75, 3.05) is 33.5 Å². The van der Waals surface area contributed by atoms with Gasteiger partial charge < -0.3 is 24.6 Å². The normalized spacial score (nSPS) is 22.1. The molecule has 1 aliphatic rings. The Kier molecular flexibility index (Phi) is 9.07. The van der Waals surface area contributed by atoms with Crippen LogP contribution in [-0.4, -0.2) is 50.8 Å². The molecule has 3 atom stereocenters. The van der Waals surface area contributed by atoms with Crippen LogP contribution in [0.3, 0.4) is 0 Å². The average Bonchev–Trinajstić information content (AvgIpc) is 2.67. The number of halogens is 1. The third-order valence-electron chi connectivity index (χ3n) is 4.48. The van der Waals surface area contributed by atoms with E-state index in [2.05, 4.69) is 5.32 Å². The maximum absolute atomic E-state index is 12.5. The van der Waals surface area contributed by atoms with Crippen LogP contribution in [0.1, 0.15) is 31.2 Å². The Hall–Kier alpha value is -1.60. The molecule has 0 spiro atoms. The van der Waals surface area contributed by atoms with Crippen LogP contribution < -0.4 is 5.32 Å². The van der Waals surface area contributed by atoms with Crippen molar-refractivity contribution in [3.05, 3.63) is 46.7 Å². The van der Waals surface area contributed by atoms with Crippen LogP contribution in [0.5, 0.6) is 0 Å². The van der Waals surface area contributed by atoms with Crippen molar-refractivity contribution in [3.8, 4) is 0 Å². The minimum absolute atomic E-state index is 0.0196. The van der Waals surface area contributed by atoms with Crippen LogP contribution in [0.2, 0.25) is 5.02 Å². The summed E-state index contributed by atoms with van der Waals surface area (Å²) in [6, 6.07) is 7.56. The van der Waals surface area contributed by atoms with Crippen molar-refractivity contribution < 1.29 is 24.1 Å². The summed E-state index contributed by atoms with van der Waals surface area (Å²) in [7, 11) is 1.58. The van der Waals surface area contributed by atoms with Crippen molar-refractivity contribution in [2.45, 2.75) is 32.0 Å². The molecule has 0 aromatic heterocycles. The van der Waals surface area contributed by atoms with E-state index in [9.17, 15) is 9.90 Å². The molecule has 0 radical (unpaired) electrons. The number of hydrogen-bond acceptors (Lipinski definition) is 5. The SMILES string of the molecule is CCO[C@H]1OC(C(=O)NCCOC)=C[C@@H](c2ccc(Cl)cc2)[C@@H]1CCCO. The number of benzene rings is 1. The highest BCUT2D eigenvalue weighted by molar-refractivity contribution is 6.30. The first-order chi connectivity index (χ1) is 13.1. The number of ether oxygens (including phenoxy) is 3. The Morgan fingerprint density at radius 2 is 2.07 bits per heavy atom. The topological polar surface area (TPSA) is 77.0 Å². The molecular formula is C20H28ClNO5. The molecule has 150 valence electrons. The first kappa shape index (κ1) is 21.7. The zero-order chi connectivity index (χ0) is 19.6. The minimum atomic E-state index is -0.560. The van der Waals surface area contributed by atoms with E-state index in [0.29, 0.717) is 37.6 Å². The van der Waals surface area contributed by atoms with E-state index in [1.807, 2.05) is 37.3 Å². The molecule has 27 heavy (non-hydrogen) atoms. The summed E-state index contributed by atoms with van der Waals surface area (Å²) in [4.78, 5) is 12.5. The van der Waals surface area contributed by atoms with Gasteiger partial charge in [0.2, 0.25) is 6.29 Å². The predicted molar refractivity (Wildman–Crippen MR) is 103 cm³/mol. The molecule has 1 amide bonds. The van der Waals surface area contributed by atoms with E-state index >= 15 is 0 Å². The molecule has 0 saturated carbocycles. The first-order valence-corrected chi connectivity index (χ1v) is 9.62. The van der Waals surface area contributed by atoms with Gasteiger partial charge in [-0.3, -0.25) is 4.79 Å². The second kappa shape index (κ2) is 11.3. The van der Waals surface area contributed by atoms with E-state index in [4.69, 9.17) is 25.8 Å². The molecule has 0 aliphatic carbocycles. The van der Waals surface area contributed by atoms with Gasteiger partial charge in [0.05, 0.1) is 6.61 Å². The van der Waals surface area contributed by atoms with Gasteiger partial charge in [-0.25, -0.2) is 0 Å². The summed E-state index contributed by atoms with van der Waals surface area (Å²) < 4.78 is 16.6. The molecule has 2 rings (SSSR count). The summed E-state index contributed by atoms with van der Waals surface area (Å²) in [5.74, 6) is -0.155. The number of methoxy groups -OCH3 is 1. The molecule has 0 fully saturated rings. The summed E-state index contributed by atoms with van der Waals surface area (Å²) in [5, 5.41) is 12.7. The Morgan fingerprint density at radius 1 is 1.33 bits per heavy atom. The van der Waals surface area contributed by atoms with Gasteiger partial charge >= 0.3 is 0 Å². The van der Waals surface area contributed by atoms with Gasteiger partial charge in [-0.05, 0) is 43.5 Å². The van der Waals surface area contributed by atoms with Crippen LogP contribution in [0.15, 0.2) is 36.1 Å². The Balaban J connectivity index is 2.31. The quantitative estimate of drug-likeness (QED) is 0.594. The lowest BCUT2D eigenvalue weighted by molar-refractivity contribution is -0.166. The van der Waals surface area contributed by atoms with Crippen molar-refractivity contribution in [1.82, 2.24) is 5.32 Å². The number of hydrogen-bond donors (Lipinski definition) is 2. The lowest BCUT2D eigenvalue weighted by Gasteiger charge is -2.37. The summed E-state index contributed by atoms with van der Waals surface area (Å²) in [6.07, 6.45) is 2.62. The summed E-state index contributed by atoms with van der Waals surface area (Å²) in [5.41, 5.74) is 1.03. The smallest absolute Gasteiger partial charge is 0.286 e. The monoisotopic (exact) mass is 397 g/mol. The van der Waals surface area contributed by atoms with Crippen LogP contribution in [0, 0.1) is 5.92 Å². The van der Waals surface area contributed by atoms with Crippen molar-refractivity contribution in [2.24, 2.45) is 5.92 Å². The molecule has 1 heterocycles. The molecule has 6 nitrogen and oxygen atoms in total. The fraction of sp³-hybridized carbons (Fsp3) is 0.550. The number of allylic oxidation sites excluding steroid dienone is 1. The maximum atomic E-state index is 12.5. The number of carbonyl (C=O) groups excluding carboxylic acids is 1. The lowest BCUT2D eigenvalue weighted by Crippen LogP contribution is -2.39. The van der Waals surface area contributed by atoms with Gasteiger partial charge in [0.15, 0.2) is 5.76 Å². The predicted octanol–water partition coefficient (Wildman–Crippen LogP) is 2.85. The van der Waals surface area contributed by atoms with Gasteiger partial charge in [-0.2, -0.15) is 0 Å². The van der Waals surface area contributed by atoms with Gasteiger partial charge in [0.1, 0.15) is 0 Å². The van der Waals surface area contributed by atoms with Crippen molar-refractivity contribution in [3.63, 3.8) is 0 Å². The second-order valence-corrected chi connectivity index (χ2v) is 6.76.